The normalized spacial score (nSPS) is 10.2. The Morgan fingerprint density at radius 2 is 1.84 bits per heavy atom. The molecule has 2 aromatic carbocycles. The van der Waals surface area contributed by atoms with E-state index in [9.17, 15) is 9.18 Å². The van der Waals surface area contributed by atoms with E-state index in [-0.39, 0.29) is 11.7 Å². The highest BCUT2D eigenvalue weighted by Gasteiger charge is 2.01. The maximum absolute atomic E-state index is 12.8. The molecule has 0 heterocycles. The summed E-state index contributed by atoms with van der Waals surface area (Å²) in [6, 6.07) is 13.2. The molecule has 0 aliphatic heterocycles. The molecule has 0 fully saturated rings. The molecule has 0 aromatic heterocycles. The van der Waals surface area contributed by atoms with Gasteiger partial charge in [-0.3, -0.25) is 4.79 Å². The molecule has 4 heteroatoms. The van der Waals surface area contributed by atoms with E-state index < -0.39 is 0 Å². The van der Waals surface area contributed by atoms with Crippen molar-refractivity contribution in [3.05, 3.63) is 59.9 Å². The van der Waals surface area contributed by atoms with E-state index in [0.717, 1.165) is 5.56 Å². The summed E-state index contributed by atoms with van der Waals surface area (Å²) in [4.78, 5) is 10.7. The second-order valence-electron chi connectivity index (χ2n) is 4.17. The number of carbonyl (C=O) groups excluding carboxylic acids is 1. The monoisotopic (exact) mass is 259 g/mol. The molecule has 0 saturated heterocycles. The maximum atomic E-state index is 12.8. The van der Waals surface area contributed by atoms with E-state index in [4.69, 9.17) is 10.5 Å². The van der Waals surface area contributed by atoms with Gasteiger partial charge in [0.2, 0.25) is 5.91 Å². The fraction of sp³-hybridized carbons (Fsp3) is 0.133. The van der Waals surface area contributed by atoms with Gasteiger partial charge in [-0.15, -0.1) is 0 Å². The number of hydrogen-bond acceptors (Lipinski definition) is 2. The molecule has 0 bridgehead atoms. The Kier molecular flexibility index (Phi) is 4.13. The summed E-state index contributed by atoms with van der Waals surface area (Å²) in [6.45, 7) is 0. The first-order valence-electron chi connectivity index (χ1n) is 5.94. The third-order valence-corrected chi connectivity index (χ3v) is 2.61. The largest absolute Gasteiger partial charge is 0.457 e. The number of ether oxygens (including phenoxy) is 1. The van der Waals surface area contributed by atoms with E-state index in [1.165, 1.54) is 12.1 Å². The molecule has 19 heavy (non-hydrogen) atoms. The van der Waals surface area contributed by atoms with Crippen LogP contribution in [0.5, 0.6) is 11.5 Å². The molecule has 98 valence electrons. The summed E-state index contributed by atoms with van der Waals surface area (Å²) in [6.07, 6.45) is 0.885. The lowest BCUT2D eigenvalue weighted by atomic mass is 10.1. The molecule has 0 aliphatic carbocycles. The number of benzene rings is 2. The summed E-state index contributed by atoms with van der Waals surface area (Å²) in [5.41, 5.74) is 6.08. The number of primary amides is 1. The van der Waals surface area contributed by atoms with Crippen molar-refractivity contribution in [2.24, 2.45) is 5.73 Å². The van der Waals surface area contributed by atoms with Gasteiger partial charge in [0.1, 0.15) is 17.3 Å². The molecule has 0 unspecified atom stereocenters. The van der Waals surface area contributed by atoms with Gasteiger partial charge in [-0.1, -0.05) is 12.1 Å². The van der Waals surface area contributed by atoms with E-state index in [1.807, 2.05) is 18.2 Å². The molecule has 2 N–H and O–H groups in total. The van der Waals surface area contributed by atoms with Crippen LogP contribution in [-0.2, 0) is 11.2 Å². The quantitative estimate of drug-likeness (QED) is 0.897. The summed E-state index contributed by atoms with van der Waals surface area (Å²) in [5.74, 6) is 0.578. The topological polar surface area (TPSA) is 52.3 Å². The smallest absolute Gasteiger partial charge is 0.217 e. The average Bonchev–Trinajstić information content (AvgIpc) is 2.40. The second-order valence-corrected chi connectivity index (χ2v) is 4.17. The molecule has 0 radical (unpaired) electrons. The molecule has 3 nitrogen and oxygen atoms in total. The van der Waals surface area contributed by atoms with Crippen molar-refractivity contribution < 1.29 is 13.9 Å². The number of amides is 1. The number of aryl methyl sites for hydroxylation is 1. The first-order chi connectivity index (χ1) is 9.13. The Morgan fingerprint density at radius 3 is 2.53 bits per heavy atom. The zero-order valence-corrected chi connectivity index (χ0v) is 10.3. The highest BCUT2D eigenvalue weighted by molar-refractivity contribution is 5.74. The molecule has 2 rings (SSSR count). The Bertz CT molecular complexity index is 567. The molecule has 0 spiro atoms. The van der Waals surface area contributed by atoms with Crippen LogP contribution in [0.1, 0.15) is 12.0 Å². The second kappa shape index (κ2) is 6.00. The first-order valence-corrected chi connectivity index (χ1v) is 5.94. The van der Waals surface area contributed by atoms with Crippen LogP contribution in [0.25, 0.3) is 0 Å². The SMILES string of the molecule is NC(=O)CCc1cccc(Oc2ccc(F)cc2)c1. The number of halogens is 1. The van der Waals surface area contributed by atoms with Gasteiger partial charge >= 0.3 is 0 Å². The zero-order valence-electron chi connectivity index (χ0n) is 10.3. The minimum atomic E-state index is -0.329. The van der Waals surface area contributed by atoms with Crippen LogP contribution >= 0.6 is 0 Å². The van der Waals surface area contributed by atoms with Crippen molar-refractivity contribution >= 4 is 5.91 Å². The third kappa shape index (κ3) is 4.10. The highest BCUT2D eigenvalue weighted by Crippen LogP contribution is 2.22. The van der Waals surface area contributed by atoms with Crippen molar-refractivity contribution in [3.63, 3.8) is 0 Å². The Balaban J connectivity index is 2.06. The fourth-order valence-corrected chi connectivity index (χ4v) is 1.67. The molecule has 0 aliphatic rings. The standard InChI is InChI=1S/C15H14FNO2/c16-12-5-7-13(8-6-12)19-14-3-1-2-11(10-14)4-9-15(17)18/h1-3,5-8,10H,4,9H2,(H2,17,18). The van der Waals surface area contributed by atoms with Gasteiger partial charge in [-0.25, -0.2) is 4.39 Å². The molecule has 0 atom stereocenters. The summed E-state index contributed by atoms with van der Waals surface area (Å²) in [7, 11) is 0. The Labute approximate surface area is 110 Å². The van der Waals surface area contributed by atoms with Crippen LogP contribution in [0.2, 0.25) is 0 Å². The maximum Gasteiger partial charge on any atom is 0.217 e. The average molecular weight is 259 g/mol. The minimum Gasteiger partial charge on any atom is -0.457 e. The van der Waals surface area contributed by atoms with Gasteiger partial charge in [-0.05, 0) is 48.4 Å². The highest BCUT2D eigenvalue weighted by atomic mass is 19.1. The Morgan fingerprint density at radius 1 is 1.11 bits per heavy atom. The first kappa shape index (κ1) is 13.1. The predicted octanol–water partition coefficient (Wildman–Crippen LogP) is 3.04. The zero-order chi connectivity index (χ0) is 13.7. The van der Waals surface area contributed by atoms with Crippen LogP contribution in [0.3, 0.4) is 0 Å². The van der Waals surface area contributed by atoms with Crippen LogP contribution in [0, 0.1) is 5.82 Å². The molecule has 2 aromatic rings. The molecule has 0 saturated carbocycles. The van der Waals surface area contributed by atoms with Gasteiger partial charge in [0, 0.05) is 6.42 Å². The molecule has 1 amide bonds. The van der Waals surface area contributed by atoms with Crippen molar-refractivity contribution in [1.29, 1.82) is 0 Å². The van der Waals surface area contributed by atoms with Gasteiger partial charge < -0.3 is 10.5 Å². The lowest BCUT2D eigenvalue weighted by Crippen LogP contribution is -2.11. The van der Waals surface area contributed by atoms with Gasteiger partial charge in [0.15, 0.2) is 0 Å². The van der Waals surface area contributed by atoms with Crippen molar-refractivity contribution in [3.8, 4) is 11.5 Å². The summed E-state index contributed by atoms with van der Waals surface area (Å²) in [5, 5.41) is 0. The number of hydrogen-bond donors (Lipinski definition) is 1. The van der Waals surface area contributed by atoms with Crippen molar-refractivity contribution in [2.45, 2.75) is 12.8 Å². The van der Waals surface area contributed by atoms with E-state index >= 15 is 0 Å². The van der Waals surface area contributed by atoms with Crippen molar-refractivity contribution in [1.82, 2.24) is 0 Å². The van der Waals surface area contributed by atoms with E-state index in [1.54, 1.807) is 18.2 Å². The summed E-state index contributed by atoms with van der Waals surface area (Å²) >= 11 is 0. The van der Waals surface area contributed by atoms with Crippen LogP contribution < -0.4 is 10.5 Å². The number of carbonyl (C=O) groups is 1. The Hall–Kier alpha value is -2.36. The lowest BCUT2D eigenvalue weighted by Gasteiger charge is -2.07. The van der Waals surface area contributed by atoms with Gasteiger partial charge in [0.05, 0.1) is 0 Å². The predicted molar refractivity (Wildman–Crippen MR) is 70.4 cm³/mol. The van der Waals surface area contributed by atoms with Crippen molar-refractivity contribution in [2.75, 3.05) is 0 Å². The van der Waals surface area contributed by atoms with E-state index in [2.05, 4.69) is 0 Å². The number of rotatable bonds is 5. The van der Waals surface area contributed by atoms with Gasteiger partial charge in [-0.2, -0.15) is 0 Å². The van der Waals surface area contributed by atoms with Crippen LogP contribution in [0.4, 0.5) is 4.39 Å². The number of nitrogens with two attached hydrogens (primary N) is 1. The summed E-state index contributed by atoms with van der Waals surface area (Å²) < 4.78 is 18.4. The fourth-order valence-electron chi connectivity index (χ4n) is 1.67. The van der Waals surface area contributed by atoms with Gasteiger partial charge in [0.25, 0.3) is 0 Å². The third-order valence-electron chi connectivity index (χ3n) is 2.61. The van der Waals surface area contributed by atoms with Crippen LogP contribution in [0.15, 0.2) is 48.5 Å². The molecular formula is C15H14FNO2. The van der Waals surface area contributed by atoms with E-state index in [0.29, 0.717) is 24.3 Å². The van der Waals surface area contributed by atoms with Crippen LogP contribution in [-0.4, -0.2) is 5.91 Å². The lowest BCUT2D eigenvalue weighted by molar-refractivity contribution is -0.117. The minimum absolute atomic E-state index is 0.303. The molecular weight excluding hydrogens is 245 g/mol.